The molecule has 0 bridgehead atoms. The Morgan fingerprint density at radius 3 is 2.40 bits per heavy atom. The number of halogens is 3. The van der Waals surface area contributed by atoms with E-state index < -0.39 is 17.5 Å². The topological polar surface area (TPSA) is 24.9 Å². The number of hydrogen-bond donors (Lipinski definition) is 1. The molecule has 0 fully saturated rings. The first kappa shape index (κ1) is 15.0. The molecule has 0 spiro atoms. The number of likely N-dealkylation sites (N-methyl/N-ethyl adjacent to an activating group) is 1. The summed E-state index contributed by atoms with van der Waals surface area (Å²) >= 11 is 1.50. The predicted octanol–water partition coefficient (Wildman–Crippen LogP) is 3.76. The van der Waals surface area contributed by atoms with Crippen LogP contribution in [-0.2, 0) is 6.42 Å². The number of benzene rings is 1. The van der Waals surface area contributed by atoms with Gasteiger partial charge < -0.3 is 5.32 Å². The van der Waals surface area contributed by atoms with E-state index in [1.54, 1.807) is 0 Å². The monoisotopic (exact) mass is 300 g/mol. The molecule has 2 rings (SSSR count). The first-order valence-electron chi connectivity index (χ1n) is 6.30. The highest BCUT2D eigenvalue weighted by atomic mass is 32.1. The number of aryl methyl sites for hydroxylation is 1. The van der Waals surface area contributed by atoms with Gasteiger partial charge in [-0.2, -0.15) is 0 Å². The highest BCUT2D eigenvalue weighted by molar-refractivity contribution is 7.09. The van der Waals surface area contributed by atoms with Crippen molar-refractivity contribution in [3.05, 3.63) is 51.2 Å². The van der Waals surface area contributed by atoms with Crippen LogP contribution in [0.15, 0.2) is 17.5 Å². The molecule has 0 radical (unpaired) electrons. The standard InChI is InChI=1S/C14H15F3N2S/c1-3-18-12(6-13-19-8(2)7-20-13)9-4-10(15)14(17)11(16)5-9/h4-5,7,12,18H,3,6H2,1-2H3. The van der Waals surface area contributed by atoms with Crippen LogP contribution in [0, 0.1) is 24.4 Å². The van der Waals surface area contributed by atoms with Crippen molar-refractivity contribution in [2.45, 2.75) is 26.3 Å². The molecular weight excluding hydrogens is 285 g/mol. The van der Waals surface area contributed by atoms with Crippen LogP contribution < -0.4 is 5.32 Å². The third kappa shape index (κ3) is 3.37. The Morgan fingerprint density at radius 1 is 1.25 bits per heavy atom. The Hall–Kier alpha value is -1.40. The zero-order valence-corrected chi connectivity index (χ0v) is 12.0. The van der Waals surface area contributed by atoms with Crippen LogP contribution >= 0.6 is 11.3 Å². The molecule has 2 nitrogen and oxygen atoms in total. The Kier molecular flexibility index (Phi) is 4.77. The van der Waals surface area contributed by atoms with E-state index in [0.717, 1.165) is 22.8 Å². The van der Waals surface area contributed by atoms with Crippen molar-refractivity contribution in [3.63, 3.8) is 0 Å². The van der Waals surface area contributed by atoms with E-state index in [4.69, 9.17) is 0 Å². The summed E-state index contributed by atoms with van der Waals surface area (Å²) in [7, 11) is 0. The van der Waals surface area contributed by atoms with Gasteiger partial charge in [0.05, 0.1) is 5.01 Å². The maximum Gasteiger partial charge on any atom is 0.194 e. The zero-order chi connectivity index (χ0) is 14.7. The van der Waals surface area contributed by atoms with E-state index in [0.29, 0.717) is 18.5 Å². The number of aromatic nitrogens is 1. The molecule has 1 heterocycles. The molecule has 6 heteroatoms. The molecule has 0 saturated carbocycles. The van der Waals surface area contributed by atoms with Crippen LogP contribution in [0.1, 0.15) is 29.2 Å². The van der Waals surface area contributed by atoms with Gasteiger partial charge in [0.25, 0.3) is 0 Å². The summed E-state index contributed by atoms with van der Waals surface area (Å²) < 4.78 is 39.7. The first-order valence-corrected chi connectivity index (χ1v) is 7.18. The molecule has 1 atom stereocenters. The molecular formula is C14H15F3N2S. The summed E-state index contributed by atoms with van der Waals surface area (Å²) in [5, 5.41) is 5.94. The SMILES string of the molecule is CCNC(Cc1nc(C)cs1)c1cc(F)c(F)c(F)c1. The molecule has 0 saturated heterocycles. The molecule has 0 aliphatic carbocycles. The van der Waals surface area contributed by atoms with Crippen LogP contribution in [-0.4, -0.2) is 11.5 Å². The summed E-state index contributed by atoms with van der Waals surface area (Å²) in [5.41, 5.74) is 1.30. The Balaban J connectivity index is 2.28. The maximum absolute atomic E-state index is 13.3. The molecule has 0 aliphatic heterocycles. The Morgan fingerprint density at radius 2 is 1.90 bits per heavy atom. The molecule has 1 aromatic heterocycles. The van der Waals surface area contributed by atoms with Crippen molar-refractivity contribution < 1.29 is 13.2 Å². The second kappa shape index (κ2) is 6.37. The van der Waals surface area contributed by atoms with Gasteiger partial charge in [-0.1, -0.05) is 6.92 Å². The number of rotatable bonds is 5. The smallest absolute Gasteiger partial charge is 0.194 e. The van der Waals surface area contributed by atoms with Crippen LogP contribution in [0.5, 0.6) is 0 Å². The van der Waals surface area contributed by atoms with E-state index in [1.807, 2.05) is 19.2 Å². The maximum atomic E-state index is 13.3. The van der Waals surface area contributed by atoms with Gasteiger partial charge >= 0.3 is 0 Å². The lowest BCUT2D eigenvalue weighted by molar-refractivity contribution is 0.439. The van der Waals surface area contributed by atoms with Crippen molar-refractivity contribution in [2.24, 2.45) is 0 Å². The second-order valence-electron chi connectivity index (χ2n) is 4.50. The van der Waals surface area contributed by atoms with Gasteiger partial charge in [-0.3, -0.25) is 0 Å². The number of hydrogen-bond acceptors (Lipinski definition) is 3. The highest BCUT2D eigenvalue weighted by Crippen LogP contribution is 2.24. The lowest BCUT2D eigenvalue weighted by atomic mass is 10.0. The van der Waals surface area contributed by atoms with Crippen molar-refractivity contribution in [1.29, 1.82) is 0 Å². The third-order valence-corrected chi connectivity index (χ3v) is 3.89. The Bertz CT molecular complexity index is 575. The lowest BCUT2D eigenvalue weighted by Crippen LogP contribution is -2.23. The minimum Gasteiger partial charge on any atom is -0.310 e. The van der Waals surface area contributed by atoms with Gasteiger partial charge in [-0.15, -0.1) is 11.3 Å². The van der Waals surface area contributed by atoms with Crippen LogP contribution in [0.4, 0.5) is 13.2 Å². The van der Waals surface area contributed by atoms with E-state index in [9.17, 15) is 13.2 Å². The Labute approximate surface area is 119 Å². The summed E-state index contributed by atoms with van der Waals surface area (Å²) in [6, 6.07) is 1.77. The first-order chi connectivity index (χ1) is 9.51. The van der Waals surface area contributed by atoms with Gasteiger partial charge in [0.15, 0.2) is 17.5 Å². The normalized spacial score (nSPS) is 12.7. The predicted molar refractivity (Wildman–Crippen MR) is 73.3 cm³/mol. The van der Waals surface area contributed by atoms with Crippen molar-refractivity contribution >= 4 is 11.3 Å². The second-order valence-corrected chi connectivity index (χ2v) is 5.44. The van der Waals surface area contributed by atoms with Crippen molar-refractivity contribution in [3.8, 4) is 0 Å². The zero-order valence-electron chi connectivity index (χ0n) is 11.2. The molecule has 0 aliphatic rings. The minimum atomic E-state index is -1.44. The van der Waals surface area contributed by atoms with Gasteiger partial charge in [0.2, 0.25) is 0 Å². The average Bonchev–Trinajstić information content (AvgIpc) is 2.80. The lowest BCUT2D eigenvalue weighted by Gasteiger charge is -2.17. The van der Waals surface area contributed by atoms with E-state index in [-0.39, 0.29) is 6.04 Å². The third-order valence-electron chi connectivity index (χ3n) is 2.90. The van der Waals surface area contributed by atoms with E-state index >= 15 is 0 Å². The fourth-order valence-corrected chi connectivity index (χ4v) is 2.82. The molecule has 0 amide bonds. The summed E-state index contributed by atoms with van der Waals surface area (Å²) in [6.07, 6.45) is 0.511. The molecule has 1 unspecified atom stereocenters. The van der Waals surface area contributed by atoms with Crippen molar-refractivity contribution in [1.82, 2.24) is 10.3 Å². The summed E-state index contributed by atoms with van der Waals surface area (Å²) in [6.45, 7) is 4.42. The average molecular weight is 300 g/mol. The summed E-state index contributed by atoms with van der Waals surface area (Å²) in [4.78, 5) is 4.34. The highest BCUT2D eigenvalue weighted by Gasteiger charge is 2.18. The van der Waals surface area contributed by atoms with Crippen LogP contribution in [0.2, 0.25) is 0 Å². The number of nitrogens with one attached hydrogen (secondary N) is 1. The fraction of sp³-hybridized carbons (Fsp3) is 0.357. The van der Waals surface area contributed by atoms with Crippen LogP contribution in [0.3, 0.4) is 0 Å². The van der Waals surface area contributed by atoms with E-state index in [2.05, 4.69) is 10.3 Å². The van der Waals surface area contributed by atoms with Gasteiger partial charge in [-0.25, -0.2) is 18.2 Å². The molecule has 1 aromatic carbocycles. The molecule has 1 N–H and O–H groups in total. The number of thiazole rings is 1. The van der Waals surface area contributed by atoms with Gasteiger partial charge in [-0.05, 0) is 31.2 Å². The minimum absolute atomic E-state index is 0.296. The molecule has 2 aromatic rings. The summed E-state index contributed by atoms with van der Waals surface area (Å²) in [5.74, 6) is -3.77. The largest absolute Gasteiger partial charge is 0.310 e. The molecule has 20 heavy (non-hydrogen) atoms. The van der Waals surface area contributed by atoms with Crippen molar-refractivity contribution in [2.75, 3.05) is 6.54 Å². The quantitative estimate of drug-likeness (QED) is 0.850. The van der Waals surface area contributed by atoms with Crippen LogP contribution in [0.25, 0.3) is 0 Å². The van der Waals surface area contributed by atoms with E-state index in [1.165, 1.54) is 11.3 Å². The fourth-order valence-electron chi connectivity index (χ4n) is 2.00. The number of nitrogens with zero attached hydrogens (tertiary/aromatic N) is 1. The van der Waals surface area contributed by atoms with Gasteiger partial charge in [0, 0.05) is 23.5 Å². The molecule has 108 valence electrons. The van der Waals surface area contributed by atoms with Gasteiger partial charge in [0.1, 0.15) is 0 Å².